The lowest BCUT2D eigenvalue weighted by Gasteiger charge is -2.34. The highest BCUT2D eigenvalue weighted by atomic mass is 16.5. The monoisotopic (exact) mass is 283 g/mol. The molecule has 0 bridgehead atoms. The molecule has 6 nitrogen and oxygen atoms in total. The number of carbonyl (C=O) groups is 2. The minimum atomic E-state index is -0.158. The summed E-state index contributed by atoms with van der Waals surface area (Å²) >= 11 is 0. The number of likely N-dealkylation sites (tertiary alicyclic amines) is 1. The van der Waals surface area contributed by atoms with E-state index in [-0.39, 0.29) is 11.9 Å². The number of esters is 1. The summed E-state index contributed by atoms with van der Waals surface area (Å²) in [5.74, 6) is 0.0930. The van der Waals surface area contributed by atoms with Crippen LogP contribution in [0.4, 0.5) is 0 Å². The Balaban J connectivity index is 1.66. The fourth-order valence-corrected chi connectivity index (χ4v) is 2.75. The minimum Gasteiger partial charge on any atom is -0.465 e. The topological polar surface area (TPSA) is 53.1 Å². The third-order valence-electron chi connectivity index (χ3n) is 3.94. The van der Waals surface area contributed by atoms with Crippen molar-refractivity contribution in [1.82, 2.24) is 14.7 Å². The molecule has 2 aliphatic rings. The van der Waals surface area contributed by atoms with Gasteiger partial charge in [0.05, 0.1) is 19.7 Å². The molecule has 0 aliphatic carbocycles. The normalized spacial score (nSPS) is 21.1. The van der Waals surface area contributed by atoms with Gasteiger partial charge in [-0.3, -0.25) is 19.4 Å². The zero-order chi connectivity index (χ0) is 14.4. The van der Waals surface area contributed by atoms with E-state index < -0.39 is 0 Å². The number of nitrogens with zero attached hydrogens (tertiary/aromatic N) is 3. The van der Waals surface area contributed by atoms with Crippen molar-refractivity contribution in [3.8, 4) is 0 Å². The molecule has 0 N–H and O–H groups in total. The van der Waals surface area contributed by atoms with E-state index in [4.69, 9.17) is 4.74 Å². The standard InChI is InChI=1S/C14H25N3O3/c1-2-20-14(19)12-16-9-7-15(8-10-16)11-13(18)17-5-3-4-6-17/h2-12H2,1H3. The van der Waals surface area contributed by atoms with Gasteiger partial charge in [-0.2, -0.15) is 0 Å². The molecule has 6 heteroatoms. The zero-order valence-electron chi connectivity index (χ0n) is 12.3. The van der Waals surface area contributed by atoms with Crippen molar-refractivity contribution in [3.63, 3.8) is 0 Å². The van der Waals surface area contributed by atoms with Gasteiger partial charge in [-0.1, -0.05) is 0 Å². The van der Waals surface area contributed by atoms with Crippen LogP contribution in [-0.4, -0.2) is 85.5 Å². The van der Waals surface area contributed by atoms with Crippen LogP contribution in [0.15, 0.2) is 0 Å². The second kappa shape index (κ2) is 7.59. The van der Waals surface area contributed by atoms with E-state index in [2.05, 4.69) is 9.80 Å². The first-order valence-electron chi connectivity index (χ1n) is 7.57. The van der Waals surface area contributed by atoms with Gasteiger partial charge in [0.15, 0.2) is 0 Å². The maximum absolute atomic E-state index is 12.1. The third-order valence-corrected chi connectivity index (χ3v) is 3.94. The van der Waals surface area contributed by atoms with E-state index in [0.29, 0.717) is 19.7 Å². The van der Waals surface area contributed by atoms with E-state index in [1.54, 1.807) is 0 Å². The van der Waals surface area contributed by atoms with Gasteiger partial charge in [0.1, 0.15) is 0 Å². The summed E-state index contributed by atoms with van der Waals surface area (Å²) in [7, 11) is 0. The molecule has 2 saturated heterocycles. The smallest absolute Gasteiger partial charge is 0.320 e. The van der Waals surface area contributed by atoms with Crippen LogP contribution in [0.5, 0.6) is 0 Å². The molecule has 0 aromatic rings. The fraction of sp³-hybridized carbons (Fsp3) is 0.857. The van der Waals surface area contributed by atoms with E-state index >= 15 is 0 Å². The molecule has 2 fully saturated rings. The quantitative estimate of drug-likeness (QED) is 0.654. The summed E-state index contributed by atoms with van der Waals surface area (Å²) in [4.78, 5) is 29.7. The highest BCUT2D eigenvalue weighted by Gasteiger charge is 2.24. The number of hydrogen-bond acceptors (Lipinski definition) is 5. The van der Waals surface area contributed by atoms with Crippen molar-refractivity contribution >= 4 is 11.9 Å². The van der Waals surface area contributed by atoms with Gasteiger partial charge in [-0.15, -0.1) is 0 Å². The van der Waals surface area contributed by atoms with Gasteiger partial charge in [0, 0.05) is 39.3 Å². The molecule has 0 atom stereocenters. The molecule has 2 heterocycles. The van der Waals surface area contributed by atoms with Crippen molar-refractivity contribution in [3.05, 3.63) is 0 Å². The lowest BCUT2D eigenvalue weighted by atomic mass is 10.3. The molecule has 0 aromatic carbocycles. The molecule has 1 amide bonds. The Bertz CT molecular complexity index is 335. The second-order valence-electron chi connectivity index (χ2n) is 5.45. The molecular formula is C14H25N3O3. The van der Waals surface area contributed by atoms with Crippen molar-refractivity contribution in [2.45, 2.75) is 19.8 Å². The van der Waals surface area contributed by atoms with Crippen molar-refractivity contribution in [2.75, 3.05) is 59.0 Å². The van der Waals surface area contributed by atoms with Crippen LogP contribution < -0.4 is 0 Å². The van der Waals surface area contributed by atoms with Crippen LogP contribution in [0, 0.1) is 0 Å². The third kappa shape index (κ3) is 4.45. The first-order valence-corrected chi connectivity index (χ1v) is 7.57. The first kappa shape index (κ1) is 15.3. The highest BCUT2D eigenvalue weighted by molar-refractivity contribution is 5.78. The number of rotatable bonds is 5. The molecule has 0 radical (unpaired) electrons. The van der Waals surface area contributed by atoms with E-state index in [0.717, 1.165) is 52.1 Å². The molecule has 0 aromatic heterocycles. The minimum absolute atomic E-state index is 0.158. The Kier molecular flexibility index (Phi) is 5.79. The van der Waals surface area contributed by atoms with Crippen LogP contribution in [0.3, 0.4) is 0 Å². The maximum Gasteiger partial charge on any atom is 0.320 e. The van der Waals surface area contributed by atoms with E-state index in [1.807, 2.05) is 11.8 Å². The SMILES string of the molecule is CCOC(=O)CN1CCN(CC(=O)N2CCCC2)CC1. The number of ether oxygens (including phenoxy) is 1. The summed E-state index contributed by atoms with van der Waals surface area (Å²) in [5, 5.41) is 0. The number of carbonyl (C=O) groups excluding carboxylic acids is 2. The molecular weight excluding hydrogens is 258 g/mol. The number of piperazine rings is 1. The van der Waals surface area contributed by atoms with Crippen molar-refractivity contribution in [2.24, 2.45) is 0 Å². The predicted molar refractivity (Wildman–Crippen MR) is 75.3 cm³/mol. The molecule has 0 spiro atoms. The Labute approximate surface area is 120 Å². The van der Waals surface area contributed by atoms with Crippen LogP contribution in [0.1, 0.15) is 19.8 Å². The van der Waals surface area contributed by atoms with Crippen LogP contribution in [0.2, 0.25) is 0 Å². The van der Waals surface area contributed by atoms with Gasteiger partial charge in [0.25, 0.3) is 0 Å². The van der Waals surface area contributed by atoms with Crippen LogP contribution >= 0.6 is 0 Å². The highest BCUT2D eigenvalue weighted by Crippen LogP contribution is 2.09. The molecule has 0 unspecified atom stereocenters. The van der Waals surface area contributed by atoms with Gasteiger partial charge in [-0.05, 0) is 19.8 Å². The second-order valence-corrected chi connectivity index (χ2v) is 5.45. The molecule has 20 heavy (non-hydrogen) atoms. The fourth-order valence-electron chi connectivity index (χ4n) is 2.75. The Hall–Kier alpha value is -1.14. The average molecular weight is 283 g/mol. The zero-order valence-corrected chi connectivity index (χ0v) is 12.3. The first-order chi connectivity index (χ1) is 9.69. The van der Waals surface area contributed by atoms with Crippen LogP contribution in [-0.2, 0) is 14.3 Å². The van der Waals surface area contributed by atoms with E-state index in [9.17, 15) is 9.59 Å². The summed E-state index contributed by atoms with van der Waals surface area (Å²) < 4.78 is 4.95. The molecule has 2 rings (SSSR count). The van der Waals surface area contributed by atoms with Gasteiger partial charge in [0.2, 0.25) is 5.91 Å². The largest absolute Gasteiger partial charge is 0.465 e. The summed E-state index contributed by atoms with van der Waals surface area (Å²) in [6.45, 7) is 8.32. The van der Waals surface area contributed by atoms with Crippen molar-refractivity contribution < 1.29 is 14.3 Å². The lowest BCUT2D eigenvalue weighted by Crippen LogP contribution is -2.50. The predicted octanol–water partition coefficient (Wildman–Crippen LogP) is -0.210. The maximum atomic E-state index is 12.1. The Morgan fingerprint density at radius 1 is 0.900 bits per heavy atom. The molecule has 2 aliphatic heterocycles. The summed E-state index contributed by atoms with van der Waals surface area (Å²) in [6, 6.07) is 0. The van der Waals surface area contributed by atoms with Gasteiger partial charge >= 0.3 is 5.97 Å². The van der Waals surface area contributed by atoms with Gasteiger partial charge < -0.3 is 9.64 Å². The summed E-state index contributed by atoms with van der Waals surface area (Å²) in [6.07, 6.45) is 2.28. The van der Waals surface area contributed by atoms with Gasteiger partial charge in [-0.25, -0.2) is 0 Å². The van der Waals surface area contributed by atoms with Crippen molar-refractivity contribution in [1.29, 1.82) is 0 Å². The average Bonchev–Trinajstić information content (AvgIpc) is 2.95. The Morgan fingerprint density at radius 2 is 1.45 bits per heavy atom. The summed E-state index contributed by atoms with van der Waals surface area (Å²) in [5.41, 5.74) is 0. The lowest BCUT2D eigenvalue weighted by molar-refractivity contribution is -0.145. The van der Waals surface area contributed by atoms with E-state index in [1.165, 1.54) is 0 Å². The molecule has 114 valence electrons. The number of amides is 1. The van der Waals surface area contributed by atoms with Crippen LogP contribution in [0.25, 0.3) is 0 Å². The Morgan fingerprint density at radius 3 is 2.00 bits per heavy atom. The molecule has 0 saturated carbocycles. The number of hydrogen-bond donors (Lipinski definition) is 0.